The lowest BCUT2D eigenvalue weighted by Gasteiger charge is -2.23. The molecule has 2 amide bonds. The molecule has 0 spiro atoms. The number of imidazole rings is 1. The molecule has 164 valence electrons. The predicted octanol–water partition coefficient (Wildman–Crippen LogP) is 4.48. The van der Waals surface area contributed by atoms with E-state index in [4.69, 9.17) is 4.98 Å². The zero-order chi connectivity index (χ0) is 22.4. The molecule has 6 heteroatoms. The van der Waals surface area contributed by atoms with E-state index in [0.717, 1.165) is 42.5 Å². The van der Waals surface area contributed by atoms with Gasteiger partial charge in [0.05, 0.1) is 17.1 Å². The van der Waals surface area contributed by atoms with Gasteiger partial charge in [0.25, 0.3) is 5.91 Å². The maximum Gasteiger partial charge on any atom is 0.251 e. The topological polar surface area (TPSA) is 67.2 Å². The number of amides is 2. The Kier molecular flexibility index (Phi) is 7.45. The quantitative estimate of drug-likeness (QED) is 0.555. The molecule has 0 saturated heterocycles. The lowest BCUT2D eigenvalue weighted by atomic mass is 10.1. The normalized spacial score (nSPS) is 12.0. The van der Waals surface area contributed by atoms with Gasteiger partial charge in [-0.15, -0.1) is 0 Å². The molecule has 3 aromatic rings. The van der Waals surface area contributed by atoms with E-state index >= 15 is 0 Å². The molecule has 0 saturated carbocycles. The lowest BCUT2D eigenvalue weighted by Crippen LogP contribution is -2.36. The van der Waals surface area contributed by atoms with Crippen LogP contribution in [0.5, 0.6) is 0 Å². The highest BCUT2D eigenvalue weighted by molar-refractivity contribution is 5.94. The second-order valence-electron chi connectivity index (χ2n) is 7.99. The average Bonchev–Trinajstić information content (AvgIpc) is 3.12. The molecule has 1 aromatic heterocycles. The van der Waals surface area contributed by atoms with Crippen molar-refractivity contribution in [2.75, 3.05) is 13.1 Å². The SMILES string of the molecule is CCCN(CCC)C(=O)Cn1c(C(C)NC(=O)c2cccc(C)c2)nc2ccccc21. The van der Waals surface area contributed by atoms with Crippen LogP contribution in [0, 0.1) is 6.92 Å². The van der Waals surface area contributed by atoms with Gasteiger partial charge in [-0.05, 0) is 51.0 Å². The Morgan fingerprint density at radius 1 is 1.06 bits per heavy atom. The van der Waals surface area contributed by atoms with Crippen LogP contribution in [0.15, 0.2) is 48.5 Å². The lowest BCUT2D eigenvalue weighted by molar-refractivity contribution is -0.131. The molecule has 1 heterocycles. The smallest absolute Gasteiger partial charge is 0.251 e. The van der Waals surface area contributed by atoms with Gasteiger partial charge < -0.3 is 14.8 Å². The number of fused-ring (bicyclic) bond motifs is 1. The first-order valence-electron chi connectivity index (χ1n) is 11.0. The number of hydrogen-bond donors (Lipinski definition) is 1. The van der Waals surface area contributed by atoms with E-state index in [1.165, 1.54) is 0 Å². The molecule has 0 fully saturated rings. The second-order valence-corrected chi connectivity index (χ2v) is 7.99. The van der Waals surface area contributed by atoms with Gasteiger partial charge in [0.2, 0.25) is 5.91 Å². The molecule has 2 aromatic carbocycles. The van der Waals surface area contributed by atoms with Crippen molar-refractivity contribution in [1.29, 1.82) is 0 Å². The number of para-hydroxylation sites is 2. The number of hydrogen-bond acceptors (Lipinski definition) is 3. The highest BCUT2D eigenvalue weighted by Gasteiger charge is 2.22. The number of nitrogens with zero attached hydrogens (tertiary/aromatic N) is 3. The molecular weight excluding hydrogens is 388 g/mol. The molecule has 1 N–H and O–H groups in total. The maximum atomic E-state index is 13.1. The van der Waals surface area contributed by atoms with Crippen LogP contribution in [-0.2, 0) is 11.3 Å². The first-order chi connectivity index (χ1) is 14.9. The van der Waals surface area contributed by atoms with E-state index in [1.807, 2.05) is 65.8 Å². The molecule has 0 aliphatic rings. The fraction of sp³-hybridized carbons (Fsp3) is 0.400. The first-order valence-corrected chi connectivity index (χ1v) is 11.0. The Hall–Kier alpha value is -3.15. The Labute approximate surface area is 184 Å². The standard InChI is InChI=1S/C25H32N4O2/c1-5-14-28(15-6-2)23(30)17-29-22-13-8-7-12-21(22)27-24(29)19(4)26-25(31)20-11-9-10-18(3)16-20/h7-13,16,19H,5-6,14-15,17H2,1-4H3,(H,26,31). The van der Waals surface area contributed by atoms with Gasteiger partial charge >= 0.3 is 0 Å². The fourth-order valence-corrected chi connectivity index (χ4v) is 3.86. The van der Waals surface area contributed by atoms with E-state index < -0.39 is 0 Å². The summed E-state index contributed by atoms with van der Waals surface area (Å²) in [7, 11) is 0. The van der Waals surface area contributed by atoms with Gasteiger partial charge in [0.15, 0.2) is 0 Å². The molecule has 0 aliphatic heterocycles. The fourth-order valence-electron chi connectivity index (χ4n) is 3.86. The summed E-state index contributed by atoms with van der Waals surface area (Å²) in [5.74, 6) is 0.605. The van der Waals surface area contributed by atoms with Crippen molar-refractivity contribution in [2.24, 2.45) is 0 Å². The van der Waals surface area contributed by atoms with Gasteiger partial charge in [0, 0.05) is 18.7 Å². The summed E-state index contributed by atoms with van der Waals surface area (Å²) in [6, 6.07) is 14.9. The largest absolute Gasteiger partial charge is 0.342 e. The van der Waals surface area contributed by atoms with Crippen LogP contribution in [-0.4, -0.2) is 39.4 Å². The van der Waals surface area contributed by atoms with E-state index in [-0.39, 0.29) is 24.4 Å². The minimum atomic E-state index is -0.348. The van der Waals surface area contributed by atoms with Crippen LogP contribution >= 0.6 is 0 Å². The third kappa shape index (κ3) is 5.32. The molecule has 6 nitrogen and oxygen atoms in total. The Morgan fingerprint density at radius 3 is 2.45 bits per heavy atom. The van der Waals surface area contributed by atoms with E-state index in [2.05, 4.69) is 19.2 Å². The number of aryl methyl sites for hydroxylation is 1. The van der Waals surface area contributed by atoms with Crippen LogP contribution in [0.1, 0.15) is 61.4 Å². The zero-order valence-corrected chi connectivity index (χ0v) is 18.9. The van der Waals surface area contributed by atoms with E-state index in [1.54, 1.807) is 6.07 Å². The van der Waals surface area contributed by atoms with E-state index in [0.29, 0.717) is 11.4 Å². The summed E-state index contributed by atoms with van der Waals surface area (Å²) in [6.07, 6.45) is 1.85. The third-order valence-corrected chi connectivity index (χ3v) is 5.33. The molecule has 1 unspecified atom stereocenters. The van der Waals surface area contributed by atoms with Crippen molar-refractivity contribution in [1.82, 2.24) is 19.8 Å². The summed E-state index contributed by atoms with van der Waals surface area (Å²) in [5.41, 5.74) is 3.36. The highest BCUT2D eigenvalue weighted by atomic mass is 16.2. The summed E-state index contributed by atoms with van der Waals surface area (Å²) >= 11 is 0. The number of benzene rings is 2. The molecule has 3 rings (SSSR count). The number of nitrogens with one attached hydrogen (secondary N) is 1. The highest BCUT2D eigenvalue weighted by Crippen LogP contribution is 2.22. The summed E-state index contributed by atoms with van der Waals surface area (Å²) in [6.45, 7) is 9.73. The minimum Gasteiger partial charge on any atom is -0.342 e. The number of carbonyl (C=O) groups is 2. The zero-order valence-electron chi connectivity index (χ0n) is 18.9. The average molecular weight is 421 g/mol. The number of aromatic nitrogens is 2. The van der Waals surface area contributed by atoms with Crippen molar-refractivity contribution in [3.63, 3.8) is 0 Å². The minimum absolute atomic E-state index is 0.0744. The Morgan fingerprint density at radius 2 is 1.77 bits per heavy atom. The van der Waals surface area contributed by atoms with Gasteiger partial charge in [-0.1, -0.05) is 43.7 Å². The van der Waals surface area contributed by atoms with Crippen molar-refractivity contribution < 1.29 is 9.59 Å². The van der Waals surface area contributed by atoms with Gasteiger partial charge in [-0.2, -0.15) is 0 Å². The molecule has 1 atom stereocenters. The Balaban J connectivity index is 1.89. The van der Waals surface area contributed by atoms with Crippen molar-refractivity contribution in [3.05, 3.63) is 65.5 Å². The summed E-state index contributed by atoms with van der Waals surface area (Å²) in [4.78, 5) is 32.5. The Bertz CT molecular complexity index is 1050. The van der Waals surface area contributed by atoms with Crippen LogP contribution in [0.4, 0.5) is 0 Å². The molecule has 0 aliphatic carbocycles. The van der Waals surface area contributed by atoms with E-state index in [9.17, 15) is 9.59 Å². The first kappa shape index (κ1) is 22.5. The summed E-state index contributed by atoms with van der Waals surface area (Å²) in [5, 5.41) is 3.05. The number of carbonyl (C=O) groups excluding carboxylic acids is 2. The molecule has 0 bridgehead atoms. The summed E-state index contributed by atoms with van der Waals surface area (Å²) < 4.78 is 1.94. The third-order valence-electron chi connectivity index (χ3n) is 5.33. The van der Waals surface area contributed by atoms with Crippen molar-refractivity contribution in [3.8, 4) is 0 Å². The molecule has 0 radical (unpaired) electrons. The predicted molar refractivity (Wildman–Crippen MR) is 124 cm³/mol. The van der Waals surface area contributed by atoms with Crippen molar-refractivity contribution in [2.45, 2.75) is 53.1 Å². The maximum absolute atomic E-state index is 13.1. The molecular formula is C25H32N4O2. The van der Waals surface area contributed by atoms with Gasteiger partial charge in [-0.3, -0.25) is 9.59 Å². The van der Waals surface area contributed by atoms with Crippen LogP contribution in [0.25, 0.3) is 11.0 Å². The van der Waals surface area contributed by atoms with Crippen LogP contribution < -0.4 is 5.32 Å². The molecule has 31 heavy (non-hydrogen) atoms. The van der Waals surface area contributed by atoms with Crippen LogP contribution in [0.2, 0.25) is 0 Å². The van der Waals surface area contributed by atoms with Crippen LogP contribution in [0.3, 0.4) is 0 Å². The number of rotatable bonds is 9. The van der Waals surface area contributed by atoms with Gasteiger partial charge in [0.1, 0.15) is 12.4 Å². The van der Waals surface area contributed by atoms with Gasteiger partial charge in [-0.25, -0.2) is 4.98 Å². The second kappa shape index (κ2) is 10.2. The van der Waals surface area contributed by atoms with Crippen molar-refractivity contribution >= 4 is 22.8 Å². The monoisotopic (exact) mass is 420 g/mol.